The number of para-hydroxylation sites is 1. The molecule has 0 N–H and O–H groups in total. The van der Waals surface area contributed by atoms with Crippen molar-refractivity contribution in [1.29, 1.82) is 0 Å². The highest BCUT2D eigenvalue weighted by atomic mass is 16.4. The van der Waals surface area contributed by atoms with E-state index in [2.05, 4.69) is 23.9 Å². The van der Waals surface area contributed by atoms with Crippen molar-refractivity contribution in [2.24, 2.45) is 0 Å². The van der Waals surface area contributed by atoms with Crippen LogP contribution in [0.25, 0.3) is 11.0 Å². The summed E-state index contributed by atoms with van der Waals surface area (Å²) in [7, 11) is 4.32. The van der Waals surface area contributed by atoms with Crippen LogP contribution < -0.4 is 5.63 Å². The Morgan fingerprint density at radius 3 is 2.59 bits per heavy atom. The zero-order valence-corrected chi connectivity index (χ0v) is 16.1. The van der Waals surface area contributed by atoms with E-state index in [1.54, 1.807) is 12.1 Å². The molecule has 4 rings (SSSR count). The summed E-state index contributed by atoms with van der Waals surface area (Å²) in [5, 5.41) is 0.779. The van der Waals surface area contributed by atoms with Crippen LogP contribution in [0.4, 0.5) is 0 Å². The standard InChI is InChI=1S/C21H27N3O3/c1-22-12-8-21(9-13-22)15-24(11-5-10-23(21)2)19(25)17-14-16-6-3-4-7-18(16)27-20(17)26/h3-4,6-7,14H,5,8-13,15H2,1-2H3. The summed E-state index contributed by atoms with van der Waals surface area (Å²) in [4.78, 5) is 32.3. The fraction of sp³-hybridized carbons (Fsp3) is 0.524. The highest BCUT2D eigenvalue weighted by Gasteiger charge is 2.41. The van der Waals surface area contributed by atoms with Gasteiger partial charge in [0.2, 0.25) is 0 Å². The third-order valence-corrected chi connectivity index (χ3v) is 6.29. The lowest BCUT2D eigenvalue weighted by molar-refractivity contribution is 0.0315. The Hall–Kier alpha value is -2.18. The molecule has 1 amide bonds. The molecule has 6 heteroatoms. The predicted molar refractivity (Wildman–Crippen MR) is 105 cm³/mol. The van der Waals surface area contributed by atoms with Crippen molar-refractivity contribution in [2.75, 3.05) is 46.8 Å². The number of hydrogen-bond acceptors (Lipinski definition) is 5. The van der Waals surface area contributed by atoms with Gasteiger partial charge in [0.15, 0.2) is 0 Å². The highest BCUT2D eigenvalue weighted by Crippen LogP contribution is 2.31. The average Bonchev–Trinajstić information content (AvgIpc) is 2.83. The van der Waals surface area contributed by atoms with Gasteiger partial charge in [0.05, 0.1) is 0 Å². The van der Waals surface area contributed by atoms with E-state index in [0.717, 1.165) is 44.3 Å². The maximum atomic E-state index is 13.3. The first-order valence-electron chi connectivity index (χ1n) is 9.70. The second-order valence-electron chi connectivity index (χ2n) is 8.01. The molecule has 2 aliphatic rings. The van der Waals surface area contributed by atoms with Gasteiger partial charge in [-0.3, -0.25) is 9.69 Å². The first-order chi connectivity index (χ1) is 13.0. The third-order valence-electron chi connectivity index (χ3n) is 6.29. The molecule has 144 valence electrons. The maximum absolute atomic E-state index is 13.3. The number of nitrogens with zero attached hydrogens (tertiary/aromatic N) is 3. The third kappa shape index (κ3) is 3.39. The molecular weight excluding hydrogens is 342 g/mol. The van der Waals surface area contributed by atoms with Crippen LogP contribution in [0.2, 0.25) is 0 Å². The molecule has 2 aromatic rings. The van der Waals surface area contributed by atoms with E-state index in [4.69, 9.17) is 4.42 Å². The van der Waals surface area contributed by atoms with E-state index in [-0.39, 0.29) is 17.0 Å². The molecule has 2 saturated heterocycles. The molecule has 6 nitrogen and oxygen atoms in total. The van der Waals surface area contributed by atoms with Crippen molar-refractivity contribution in [3.8, 4) is 0 Å². The summed E-state index contributed by atoms with van der Waals surface area (Å²) in [5.41, 5.74) is 0.104. The highest BCUT2D eigenvalue weighted by molar-refractivity contribution is 5.96. The van der Waals surface area contributed by atoms with Gasteiger partial charge in [-0.25, -0.2) is 4.79 Å². The van der Waals surface area contributed by atoms with E-state index in [1.165, 1.54) is 0 Å². The van der Waals surface area contributed by atoms with Gasteiger partial charge >= 0.3 is 5.63 Å². The molecule has 0 bridgehead atoms. The number of carbonyl (C=O) groups is 1. The fourth-order valence-electron chi connectivity index (χ4n) is 4.42. The maximum Gasteiger partial charge on any atom is 0.349 e. The molecule has 0 unspecified atom stereocenters. The molecule has 0 aliphatic carbocycles. The van der Waals surface area contributed by atoms with E-state index in [0.29, 0.717) is 18.7 Å². The quantitative estimate of drug-likeness (QED) is 0.720. The summed E-state index contributed by atoms with van der Waals surface area (Å²) in [6.45, 7) is 4.38. The lowest BCUT2D eigenvalue weighted by atomic mass is 9.85. The van der Waals surface area contributed by atoms with E-state index < -0.39 is 5.63 Å². The fourth-order valence-corrected chi connectivity index (χ4v) is 4.42. The van der Waals surface area contributed by atoms with Gasteiger partial charge in [-0.1, -0.05) is 18.2 Å². The van der Waals surface area contributed by atoms with Crippen molar-refractivity contribution in [3.63, 3.8) is 0 Å². The van der Waals surface area contributed by atoms with Crippen LogP contribution in [0.15, 0.2) is 39.5 Å². The van der Waals surface area contributed by atoms with E-state index >= 15 is 0 Å². The van der Waals surface area contributed by atoms with Crippen LogP contribution in [0.3, 0.4) is 0 Å². The van der Waals surface area contributed by atoms with E-state index in [9.17, 15) is 9.59 Å². The molecule has 0 atom stereocenters. The number of fused-ring (bicyclic) bond motifs is 1. The number of piperidine rings is 1. The van der Waals surface area contributed by atoms with Crippen LogP contribution in [-0.2, 0) is 0 Å². The smallest absolute Gasteiger partial charge is 0.349 e. The largest absolute Gasteiger partial charge is 0.422 e. The minimum Gasteiger partial charge on any atom is -0.422 e. The molecule has 1 aromatic carbocycles. The van der Waals surface area contributed by atoms with Gasteiger partial charge in [0.25, 0.3) is 5.91 Å². The number of likely N-dealkylation sites (tertiary alicyclic amines) is 1. The number of benzene rings is 1. The van der Waals surface area contributed by atoms with Gasteiger partial charge in [-0.05, 0) is 58.6 Å². The Morgan fingerprint density at radius 2 is 1.81 bits per heavy atom. The van der Waals surface area contributed by atoms with Crippen molar-refractivity contribution in [3.05, 3.63) is 46.3 Å². The Bertz CT molecular complexity index is 899. The van der Waals surface area contributed by atoms with Crippen molar-refractivity contribution in [2.45, 2.75) is 24.8 Å². The Kier molecular flexibility index (Phi) is 4.78. The Labute approximate surface area is 159 Å². The lowest BCUT2D eigenvalue weighted by Crippen LogP contribution is -2.58. The summed E-state index contributed by atoms with van der Waals surface area (Å²) in [6.07, 6.45) is 2.99. The zero-order chi connectivity index (χ0) is 19.0. The minimum atomic E-state index is -0.547. The predicted octanol–water partition coefficient (Wildman–Crippen LogP) is 2.04. The topological polar surface area (TPSA) is 57.0 Å². The average molecular weight is 369 g/mol. The number of hydrogen-bond donors (Lipinski definition) is 0. The summed E-state index contributed by atoms with van der Waals surface area (Å²) >= 11 is 0. The summed E-state index contributed by atoms with van der Waals surface area (Å²) in [5.74, 6) is -0.205. The first-order valence-corrected chi connectivity index (χ1v) is 9.70. The molecular formula is C21H27N3O3. The van der Waals surface area contributed by atoms with Crippen LogP contribution in [0.5, 0.6) is 0 Å². The van der Waals surface area contributed by atoms with Gasteiger partial charge in [-0.15, -0.1) is 0 Å². The summed E-state index contributed by atoms with van der Waals surface area (Å²) < 4.78 is 5.39. The van der Waals surface area contributed by atoms with Crippen molar-refractivity contribution in [1.82, 2.24) is 14.7 Å². The first kappa shape index (κ1) is 18.2. The second-order valence-corrected chi connectivity index (χ2v) is 8.01. The molecule has 3 heterocycles. The number of likely N-dealkylation sites (N-methyl/N-ethyl adjacent to an activating group) is 1. The normalized spacial score (nSPS) is 21.5. The van der Waals surface area contributed by atoms with Crippen LogP contribution in [0, 0.1) is 0 Å². The molecule has 0 saturated carbocycles. The minimum absolute atomic E-state index is 0.00426. The van der Waals surface area contributed by atoms with Crippen LogP contribution in [-0.4, -0.2) is 73.0 Å². The molecule has 0 radical (unpaired) electrons. The second kappa shape index (κ2) is 7.09. The monoisotopic (exact) mass is 369 g/mol. The lowest BCUT2D eigenvalue weighted by Gasteiger charge is -2.47. The van der Waals surface area contributed by atoms with Crippen LogP contribution in [0.1, 0.15) is 29.6 Å². The zero-order valence-electron chi connectivity index (χ0n) is 16.1. The SMILES string of the molecule is CN1CCC2(CC1)CN(C(=O)c1cc3ccccc3oc1=O)CCCN2C. The Balaban J connectivity index is 1.65. The number of carbonyl (C=O) groups excluding carboxylic acids is 1. The van der Waals surface area contributed by atoms with Gasteiger partial charge in [0, 0.05) is 30.6 Å². The van der Waals surface area contributed by atoms with Gasteiger partial charge < -0.3 is 14.2 Å². The number of rotatable bonds is 1. The summed E-state index contributed by atoms with van der Waals surface area (Å²) in [6, 6.07) is 8.99. The Morgan fingerprint density at radius 1 is 1.07 bits per heavy atom. The molecule has 27 heavy (non-hydrogen) atoms. The van der Waals surface area contributed by atoms with Gasteiger partial charge in [-0.2, -0.15) is 0 Å². The van der Waals surface area contributed by atoms with Crippen molar-refractivity contribution < 1.29 is 9.21 Å². The van der Waals surface area contributed by atoms with Crippen LogP contribution >= 0.6 is 0 Å². The molecule has 1 spiro atoms. The van der Waals surface area contributed by atoms with Crippen molar-refractivity contribution >= 4 is 16.9 Å². The molecule has 2 aliphatic heterocycles. The molecule has 2 fully saturated rings. The number of amides is 1. The van der Waals surface area contributed by atoms with Gasteiger partial charge in [0.1, 0.15) is 11.1 Å². The molecule has 1 aromatic heterocycles. The van der Waals surface area contributed by atoms with E-state index in [1.807, 2.05) is 23.1 Å².